The van der Waals surface area contributed by atoms with Crippen molar-refractivity contribution in [3.05, 3.63) is 6.33 Å². The molecule has 1 fully saturated rings. The lowest BCUT2D eigenvalue weighted by molar-refractivity contribution is 0.398. The van der Waals surface area contributed by atoms with Crippen LogP contribution in [0.4, 0.5) is 11.6 Å². The van der Waals surface area contributed by atoms with Gasteiger partial charge in [0.1, 0.15) is 6.33 Å². The molecule has 0 spiro atoms. The third-order valence-corrected chi connectivity index (χ3v) is 3.60. The molecule has 1 aliphatic heterocycles. The summed E-state index contributed by atoms with van der Waals surface area (Å²) < 4.78 is 5.45. The molecule has 112 valence electrons. The van der Waals surface area contributed by atoms with E-state index < -0.39 is 0 Å². The number of rotatable bonds is 7. The first kappa shape index (κ1) is 14.8. The van der Waals surface area contributed by atoms with Crippen LogP contribution >= 0.6 is 0 Å². The second-order valence-electron chi connectivity index (χ2n) is 5.33. The van der Waals surface area contributed by atoms with Crippen molar-refractivity contribution in [2.45, 2.75) is 19.8 Å². The van der Waals surface area contributed by atoms with Crippen molar-refractivity contribution < 1.29 is 4.74 Å². The first-order chi connectivity index (χ1) is 9.74. The normalized spacial score (nSPS) is 19.1. The largest absolute Gasteiger partial charge is 0.490 e. The molecule has 2 heterocycles. The van der Waals surface area contributed by atoms with E-state index in [1.54, 1.807) is 13.4 Å². The minimum absolute atomic E-state index is 0.673. The highest BCUT2D eigenvalue weighted by Gasteiger charge is 2.20. The quantitative estimate of drug-likeness (QED) is 0.791. The minimum atomic E-state index is 0.673. The van der Waals surface area contributed by atoms with Crippen LogP contribution in [0.3, 0.4) is 0 Å². The first-order valence-electron chi connectivity index (χ1n) is 7.29. The molecule has 1 atom stereocenters. The highest BCUT2D eigenvalue weighted by Crippen LogP contribution is 2.29. The number of nitrogens with one attached hydrogen (secondary N) is 2. The Hall–Kier alpha value is -1.56. The molecule has 1 aromatic heterocycles. The van der Waals surface area contributed by atoms with E-state index in [-0.39, 0.29) is 0 Å². The van der Waals surface area contributed by atoms with Crippen molar-refractivity contribution in [2.75, 3.05) is 51.0 Å². The Balaban J connectivity index is 1.99. The van der Waals surface area contributed by atoms with Crippen molar-refractivity contribution in [1.82, 2.24) is 14.9 Å². The maximum absolute atomic E-state index is 5.45. The van der Waals surface area contributed by atoms with Gasteiger partial charge in [0.15, 0.2) is 11.6 Å². The number of aromatic nitrogens is 2. The van der Waals surface area contributed by atoms with E-state index in [4.69, 9.17) is 4.74 Å². The Morgan fingerprint density at radius 1 is 1.35 bits per heavy atom. The summed E-state index contributed by atoms with van der Waals surface area (Å²) in [6.07, 6.45) is 3.85. The van der Waals surface area contributed by atoms with E-state index in [0.29, 0.717) is 11.7 Å². The number of anilines is 2. The van der Waals surface area contributed by atoms with Crippen LogP contribution in [-0.4, -0.2) is 55.2 Å². The van der Waals surface area contributed by atoms with Crippen molar-refractivity contribution in [3.8, 4) is 5.75 Å². The predicted molar refractivity (Wildman–Crippen MR) is 81.5 cm³/mol. The van der Waals surface area contributed by atoms with E-state index in [1.165, 1.54) is 13.0 Å². The maximum atomic E-state index is 5.45. The van der Waals surface area contributed by atoms with Gasteiger partial charge < -0.3 is 20.3 Å². The predicted octanol–water partition coefficient (Wildman–Crippen LogP) is 1.67. The van der Waals surface area contributed by atoms with Gasteiger partial charge in [-0.15, -0.1) is 0 Å². The summed E-state index contributed by atoms with van der Waals surface area (Å²) in [4.78, 5) is 10.9. The van der Waals surface area contributed by atoms with Crippen molar-refractivity contribution in [3.63, 3.8) is 0 Å². The molecule has 6 nitrogen and oxygen atoms in total. The Morgan fingerprint density at radius 2 is 2.10 bits per heavy atom. The molecular formula is C14H25N5O. The Bertz CT molecular complexity index is 426. The van der Waals surface area contributed by atoms with Crippen molar-refractivity contribution >= 4 is 11.6 Å². The van der Waals surface area contributed by atoms with Crippen LogP contribution < -0.4 is 15.4 Å². The van der Waals surface area contributed by atoms with Crippen LogP contribution in [0.5, 0.6) is 5.75 Å². The Kier molecular flexibility index (Phi) is 5.40. The Morgan fingerprint density at radius 3 is 2.70 bits per heavy atom. The fourth-order valence-electron chi connectivity index (χ4n) is 2.50. The van der Waals surface area contributed by atoms with E-state index in [1.807, 2.05) is 0 Å². The third kappa shape index (κ3) is 3.72. The third-order valence-electron chi connectivity index (χ3n) is 3.60. The number of hydrogen-bond acceptors (Lipinski definition) is 6. The van der Waals surface area contributed by atoms with Gasteiger partial charge in [-0.25, -0.2) is 9.97 Å². The summed E-state index contributed by atoms with van der Waals surface area (Å²) in [6.45, 7) is 6.24. The lowest BCUT2D eigenvalue weighted by Gasteiger charge is -2.16. The molecule has 1 saturated heterocycles. The van der Waals surface area contributed by atoms with E-state index in [9.17, 15) is 0 Å². The number of likely N-dealkylation sites (tertiary alicyclic amines) is 1. The van der Waals surface area contributed by atoms with Gasteiger partial charge in [0.05, 0.1) is 7.11 Å². The zero-order chi connectivity index (χ0) is 14.4. The molecule has 0 bridgehead atoms. The smallest absolute Gasteiger partial charge is 0.204 e. The Labute approximate surface area is 120 Å². The summed E-state index contributed by atoms with van der Waals surface area (Å²) in [6, 6.07) is 0. The first-order valence-corrected chi connectivity index (χ1v) is 7.29. The molecule has 0 aromatic carbocycles. The molecule has 2 rings (SSSR count). The summed E-state index contributed by atoms with van der Waals surface area (Å²) in [5.74, 6) is 2.91. The number of hydrogen-bond donors (Lipinski definition) is 2. The minimum Gasteiger partial charge on any atom is -0.490 e. The summed E-state index contributed by atoms with van der Waals surface area (Å²) in [5, 5.41) is 6.67. The molecule has 0 amide bonds. The second-order valence-corrected chi connectivity index (χ2v) is 5.33. The molecule has 2 N–H and O–H groups in total. The number of methoxy groups -OCH3 is 1. The van der Waals surface area contributed by atoms with Gasteiger partial charge in [-0.3, -0.25) is 0 Å². The van der Waals surface area contributed by atoms with Crippen molar-refractivity contribution in [1.29, 1.82) is 0 Å². The second kappa shape index (κ2) is 7.28. The molecule has 1 aromatic rings. The molecule has 0 saturated carbocycles. The molecule has 0 radical (unpaired) electrons. The van der Waals surface area contributed by atoms with E-state index in [0.717, 1.165) is 37.7 Å². The van der Waals surface area contributed by atoms with Gasteiger partial charge in [0.2, 0.25) is 5.75 Å². The monoisotopic (exact) mass is 279 g/mol. The molecule has 6 heteroatoms. The van der Waals surface area contributed by atoms with Gasteiger partial charge in [-0.05, 0) is 32.4 Å². The number of ether oxygens (including phenoxy) is 1. The van der Waals surface area contributed by atoms with Crippen LogP contribution in [0.2, 0.25) is 0 Å². The lowest BCUT2D eigenvalue weighted by Crippen LogP contribution is -2.20. The highest BCUT2D eigenvalue weighted by atomic mass is 16.5. The topological polar surface area (TPSA) is 62.3 Å². The maximum Gasteiger partial charge on any atom is 0.204 e. The fraction of sp³-hybridized carbons (Fsp3) is 0.714. The SMILES string of the molecule is CCCNc1ncnc(NCC2CCN(C)C2)c1OC. The van der Waals surface area contributed by atoms with Gasteiger partial charge in [0.25, 0.3) is 0 Å². The number of nitrogens with zero attached hydrogens (tertiary/aromatic N) is 3. The van der Waals surface area contributed by atoms with Gasteiger partial charge in [-0.2, -0.15) is 0 Å². The molecule has 0 aliphatic carbocycles. The average molecular weight is 279 g/mol. The molecule has 1 aliphatic rings. The van der Waals surface area contributed by atoms with Crippen LogP contribution in [0.15, 0.2) is 6.33 Å². The van der Waals surface area contributed by atoms with Crippen LogP contribution in [-0.2, 0) is 0 Å². The lowest BCUT2D eigenvalue weighted by atomic mass is 10.1. The molecular weight excluding hydrogens is 254 g/mol. The summed E-state index contributed by atoms with van der Waals surface area (Å²) in [7, 11) is 3.82. The van der Waals surface area contributed by atoms with Gasteiger partial charge >= 0.3 is 0 Å². The van der Waals surface area contributed by atoms with Crippen molar-refractivity contribution in [2.24, 2.45) is 5.92 Å². The van der Waals surface area contributed by atoms with Crippen LogP contribution in [0.25, 0.3) is 0 Å². The molecule has 20 heavy (non-hydrogen) atoms. The zero-order valence-electron chi connectivity index (χ0n) is 12.6. The zero-order valence-corrected chi connectivity index (χ0v) is 12.6. The highest BCUT2D eigenvalue weighted by molar-refractivity contribution is 5.63. The average Bonchev–Trinajstić information content (AvgIpc) is 2.88. The summed E-state index contributed by atoms with van der Waals surface area (Å²) in [5.41, 5.74) is 0. The summed E-state index contributed by atoms with van der Waals surface area (Å²) >= 11 is 0. The fourth-order valence-corrected chi connectivity index (χ4v) is 2.50. The van der Waals surface area contributed by atoms with E-state index in [2.05, 4.69) is 39.5 Å². The van der Waals surface area contributed by atoms with Gasteiger partial charge in [-0.1, -0.05) is 6.92 Å². The van der Waals surface area contributed by atoms with Crippen LogP contribution in [0.1, 0.15) is 19.8 Å². The van der Waals surface area contributed by atoms with Gasteiger partial charge in [0, 0.05) is 19.6 Å². The van der Waals surface area contributed by atoms with Crippen LogP contribution in [0, 0.1) is 5.92 Å². The van der Waals surface area contributed by atoms with E-state index >= 15 is 0 Å². The molecule has 1 unspecified atom stereocenters. The standard InChI is InChI=1S/C14H25N5O/c1-4-6-15-13-12(20-3)14(18-10-17-13)16-8-11-5-7-19(2)9-11/h10-11H,4-9H2,1-3H3,(H2,15,16,17,18).